The van der Waals surface area contributed by atoms with E-state index in [1.807, 2.05) is 70.9 Å². The highest BCUT2D eigenvalue weighted by Gasteiger charge is 2.22. The first-order valence-electron chi connectivity index (χ1n) is 13.4. The molecule has 0 aliphatic carbocycles. The Labute approximate surface area is 281 Å². The molecular formula is C29H29BF4NO6PS4. The van der Waals surface area contributed by atoms with E-state index in [9.17, 15) is 32.1 Å². The molecule has 246 valence electrons. The van der Waals surface area contributed by atoms with E-state index in [1.165, 1.54) is 22.0 Å². The summed E-state index contributed by atoms with van der Waals surface area (Å²) < 4.78 is 41.3. The standard InChI is InChI=1S/C12H10O2S2.C10H6O3.C7H12NOPS2.BF3.FH/c13-11-8-3-1-2-4-10(8)14-7-9(11)12-15-5-6-16-12;11-5-7-6-13-9-4-2-1-3-8(9)10(7)12;9-6(8-5-10)1-2-7-11-3-4-12-7;2-1(3)4;/h1-4,7,12H,5-6H2;1-6H;1-5,10H2;;1H. The molecule has 17 heteroatoms. The number of aldehydes is 1. The van der Waals surface area contributed by atoms with Gasteiger partial charge in [0.2, 0.25) is 15.5 Å². The van der Waals surface area contributed by atoms with Gasteiger partial charge in [-0.05, 0) is 24.3 Å². The largest absolute Gasteiger partial charge is 1.00 e. The van der Waals surface area contributed by atoms with Crippen molar-refractivity contribution in [3.05, 3.63) is 92.6 Å². The molecule has 1 fully saturated rings. The van der Waals surface area contributed by atoms with Crippen molar-refractivity contribution >= 4 is 102 Å². The summed E-state index contributed by atoms with van der Waals surface area (Å²) in [6.45, 7) is 0. The van der Waals surface area contributed by atoms with Crippen LogP contribution >= 0.6 is 44.5 Å². The topological polar surface area (TPSA) is 107 Å². The van der Waals surface area contributed by atoms with Crippen LogP contribution in [-0.4, -0.2) is 53.2 Å². The van der Waals surface area contributed by atoms with Gasteiger partial charge in [0.1, 0.15) is 23.7 Å². The van der Waals surface area contributed by atoms with Crippen LogP contribution in [-0.2, 0) is 16.1 Å². The van der Waals surface area contributed by atoms with Gasteiger partial charge in [-0.3, -0.25) is 32.1 Å². The van der Waals surface area contributed by atoms with Crippen molar-refractivity contribution in [2.75, 3.05) is 29.3 Å². The Kier molecular flexibility index (Phi) is 18.3. The smallest absolute Gasteiger partial charge is 0.762 e. The molecule has 0 saturated carbocycles. The Hall–Kier alpha value is -2.65. The molecule has 46 heavy (non-hydrogen) atoms. The van der Waals surface area contributed by atoms with Crippen LogP contribution in [0.15, 0.2) is 79.5 Å². The molecule has 1 unspecified atom stereocenters. The first-order chi connectivity index (χ1) is 21.7. The van der Waals surface area contributed by atoms with Gasteiger partial charge in [-0.1, -0.05) is 36.0 Å². The molecule has 7 nitrogen and oxygen atoms in total. The molecule has 0 spiro atoms. The van der Waals surface area contributed by atoms with Crippen molar-refractivity contribution < 1.29 is 36.1 Å². The number of rotatable bonds is 6. The highest BCUT2D eigenvalue weighted by Crippen LogP contribution is 2.44. The van der Waals surface area contributed by atoms with Crippen LogP contribution in [0, 0.1) is 0 Å². The lowest BCUT2D eigenvalue weighted by Gasteiger charge is -2.07. The Morgan fingerprint density at radius 1 is 0.957 bits per heavy atom. The molecule has 2 aromatic carbocycles. The van der Waals surface area contributed by atoms with Crippen LogP contribution in [0.2, 0.25) is 0 Å². The summed E-state index contributed by atoms with van der Waals surface area (Å²) in [7, 11) is -1.18. The second-order valence-electron chi connectivity index (χ2n) is 8.84. The maximum Gasteiger partial charge on any atom is 0.762 e. The van der Waals surface area contributed by atoms with Crippen LogP contribution in [0.5, 0.6) is 0 Å². The lowest BCUT2D eigenvalue weighted by molar-refractivity contribution is -0.120. The fourth-order valence-corrected chi connectivity index (χ4v) is 9.40. The van der Waals surface area contributed by atoms with Crippen molar-refractivity contribution in [3.63, 3.8) is 0 Å². The number of benzene rings is 2. The summed E-state index contributed by atoms with van der Waals surface area (Å²) in [5, 5.41) is 3.89. The zero-order valence-electron chi connectivity index (χ0n) is 24.1. The van der Waals surface area contributed by atoms with Crippen molar-refractivity contribution in [3.8, 4) is 0 Å². The number of thioether (sulfide) groups is 3. The second-order valence-corrected chi connectivity index (χ2v) is 14.6. The fourth-order valence-electron chi connectivity index (χ4n) is 3.88. The molecule has 1 atom stereocenters. The van der Waals surface area contributed by atoms with Gasteiger partial charge < -0.3 is 18.9 Å². The summed E-state index contributed by atoms with van der Waals surface area (Å²) in [5.74, 6) is 4.81. The maximum atomic E-state index is 12.2. The first-order valence-corrected chi connectivity index (χ1v) is 18.3. The van der Waals surface area contributed by atoms with Gasteiger partial charge in [-0.25, -0.2) is 0 Å². The molecule has 0 bridgehead atoms. The molecule has 1 amide bonds. The Balaban J connectivity index is 0.000000227. The number of fused-ring (bicyclic) bond motifs is 2. The van der Waals surface area contributed by atoms with Gasteiger partial charge in [0.25, 0.3) is 0 Å². The minimum Gasteiger partial charge on any atom is -1.00 e. The summed E-state index contributed by atoms with van der Waals surface area (Å²) >= 11 is 7.44. The summed E-state index contributed by atoms with van der Waals surface area (Å²) in [6, 6.07) is 14.2. The zero-order chi connectivity index (χ0) is 32.6. The summed E-state index contributed by atoms with van der Waals surface area (Å²) in [4.78, 5) is 45.2. The first kappa shape index (κ1) is 39.5. The predicted molar refractivity (Wildman–Crippen MR) is 189 cm³/mol. The van der Waals surface area contributed by atoms with Gasteiger partial charge >= 0.3 is 7.54 Å². The van der Waals surface area contributed by atoms with Crippen LogP contribution in [0.3, 0.4) is 0 Å². The van der Waals surface area contributed by atoms with Crippen molar-refractivity contribution in [2.45, 2.75) is 17.4 Å². The van der Waals surface area contributed by atoms with Gasteiger partial charge in [0, 0.05) is 30.6 Å². The molecule has 0 radical (unpaired) electrons. The number of amides is 1. The highest BCUT2D eigenvalue weighted by atomic mass is 32.2. The Morgan fingerprint density at radius 3 is 2.07 bits per heavy atom. The van der Waals surface area contributed by atoms with E-state index in [0.29, 0.717) is 40.9 Å². The molecule has 2 aliphatic rings. The fraction of sp³-hybridized carbons (Fsp3) is 0.276. The third-order valence-corrected chi connectivity index (χ3v) is 12.0. The van der Waals surface area contributed by atoms with Crippen molar-refractivity contribution in [1.29, 1.82) is 0 Å². The third kappa shape index (κ3) is 12.5. The van der Waals surface area contributed by atoms with Crippen LogP contribution < -0.4 is 20.9 Å². The normalized spacial score (nSPS) is 13.5. The number of halogens is 4. The van der Waals surface area contributed by atoms with Crippen LogP contribution in [0.25, 0.3) is 21.9 Å². The van der Waals surface area contributed by atoms with E-state index < -0.39 is 7.54 Å². The van der Waals surface area contributed by atoms with Crippen LogP contribution in [0.4, 0.5) is 12.9 Å². The van der Waals surface area contributed by atoms with Gasteiger partial charge in [-0.2, -0.15) is 0 Å². The molecular weight excluding hydrogens is 704 g/mol. The summed E-state index contributed by atoms with van der Waals surface area (Å²) in [6.07, 6.45) is 5.54. The minimum atomic E-state index is -3.67. The average molecular weight is 734 g/mol. The van der Waals surface area contributed by atoms with Crippen molar-refractivity contribution in [1.82, 2.24) is 5.32 Å². The second kappa shape index (κ2) is 21.3. The zero-order valence-corrected chi connectivity index (χ0v) is 28.5. The number of carbonyl (C=O) groups excluding carboxylic acids is 2. The highest BCUT2D eigenvalue weighted by molar-refractivity contribution is 8.24. The van der Waals surface area contributed by atoms with Crippen LogP contribution in [0.1, 0.15) is 33.3 Å². The SMILES string of the molecule is FB(F)F.O=C(CCC1=[S+]CCS1)NCP.O=Cc1coc2ccccc2c1=O.O=c1c(C2SCCS2)coc2ccccc12.[F-]. The number of carbonyl (C=O) groups is 2. The molecule has 1 saturated heterocycles. The number of para-hydroxylation sites is 2. The van der Waals surface area contributed by atoms with E-state index in [4.69, 9.17) is 8.83 Å². The van der Waals surface area contributed by atoms with E-state index in [-0.39, 0.29) is 31.6 Å². The maximum absolute atomic E-state index is 12.2. The molecule has 2 aliphatic heterocycles. The number of hydrogen-bond acceptors (Lipinski definition) is 9. The van der Waals surface area contributed by atoms with Gasteiger partial charge in [0.15, 0.2) is 28.8 Å². The van der Waals surface area contributed by atoms with E-state index in [0.717, 1.165) is 23.5 Å². The summed E-state index contributed by atoms with van der Waals surface area (Å²) in [5.41, 5.74) is 1.86. The van der Waals surface area contributed by atoms with E-state index in [2.05, 4.69) is 14.6 Å². The minimum absolute atomic E-state index is 0. The molecule has 1 N–H and O–H groups in total. The van der Waals surface area contributed by atoms with E-state index in [1.54, 1.807) is 30.5 Å². The van der Waals surface area contributed by atoms with E-state index >= 15 is 0 Å². The van der Waals surface area contributed by atoms with Gasteiger partial charge in [0.05, 0.1) is 32.2 Å². The molecule has 2 aromatic heterocycles. The number of hydrogen-bond donors (Lipinski definition) is 1. The van der Waals surface area contributed by atoms with Crippen molar-refractivity contribution in [2.24, 2.45) is 0 Å². The lowest BCUT2D eigenvalue weighted by Crippen LogP contribution is -3.00. The predicted octanol–water partition coefficient (Wildman–Crippen LogP) is 3.44. The quantitative estimate of drug-likeness (QED) is 0.0798. The monoisotopic (exact) mass is 733 g/mol. The molecule has 4 heterocycles. The lowest BCUT2D eigenvalue weighted by atomic mass is 10.2. The molecule has 6 rings (SSSR count). The average Bonchev–Trinajstić information content (AvgIpc) is 3.77. The Bertz CT molecular complexity index is 1720. The number of nitrogens with one attached hydrogen (secondary N) is 1. The third-order valence-electron chi connectivity index (χ3n) is 5.88. The Morgan fingerprint density at radius 2 is 1.52 bits per heavy atom. The molecule has 4 aromatic rings. The van der Waals surface area contributed by atoms with Gasteiger partial charge in [-0.15, -0.1) is 32.8 Å².